The standard InChI is InChI=1S/C21H41N5O.HI/c1-22-20(25(3)15-16-27-17-19-7-8-19)23-18-21(9-13-24(2)14-10-21)26-11-5-4-6-12-26;/h19H,4-18H2,1-3H3,(H,22,23);1H. The van der Waals surface area contributed by atoms with Crippen molar-refractivity contribution < 1.29 is 4.74 Å². The summed E-state index contributed by atoms with van der Waals surface area (Å²) in [7, 11) is 6.27. The molecule has 0 aromatic rings. The van der Waals surface area contributed by atoms with Crippen LogP contribution in [0.4, 0.5) is 0 Å². The van der Waals surface area contributed by atoms with Crippen molar-refractivity contribution >= 4 is 29.9 Å². The molecule has 2 aliphatic heterocycles. The molecule has 6 nitrogen and oxygen atoms in total. The minimum Gasteiger partial charge on any atom is -0.379 e. The number of hydrogen-bond donors (Lipinski definition) is 1. The lowest BCUT2D eigenvalue weighted by Crippen LogP contribution is -2.62. The largest absolute Gasteiger partial charge is 0.379 e. The molecule has 0 amide bonds. The number of likely N-dealkylation sites (N-methyl/N-ethyl adjacent to an activating group) is 1. The van der Waals surface area contributed by atoms with Crippen LogP contribution in [0.15, 0.2) is 4.99 Å². The van der Waals surface area contributed by atoms with E-state index >= 15 is 0 Å². The first-order valence-corrected chi connectivity index (χ1v) is 11.1. The van der Waals surface area contributed by atoms with Crippen molar-refractivity contribution in [3.63, 3.8) is 0 Å². The summed E-state index contributed by atoms with van der Waals surface area (Å²) in [5, 5.41) is 3.71. The molecular formula is C21H42IN5O. The fourth-order valence-corrected chi connectivity index (χ4v) is 4.48. The molecule has 1 saturated carbocycles. The molecule has 28 heavy (non-hydrogen) atoms. The number of rotatable bonds is 8. The van der Waals surface area contributed by atoms with Gasteiger partial charge in [0.05, 0.1) is 6.61 Å². The monoisotopic (exact) mass is 507 g/mol. The van der Waals surface area contributed by atoms with Crippen molar-refractivity contribution in [1.29, 1.82) is 0 Å². The second-order valence-electron chi connectivity index (χ2n) is 8.92. The third-order valence-corrected chi connectivity index (χ3v) is 6.72. The molecule has 0 atom stereocenters. The average Bonchev–Trinajstić information content (AvgIpc) is 3.52. The van der Waals surface area contributed by atoms with E-state index < -0.39 is 0 Å². The average molecular weight is 508 g/mol. The molecule has 3 fully saturated rings. The smallest absolute Gasteiger partial charge is 0.193 e. The Morgan fingerprint density at radius 3 is 2.43 bits per heavy atom. The maximum atomic E-state index is 5.81. The molecule has 2 heterocycles. The zero-order chi connectivity index (χ0) is 19.1. The first kappa shape index (κ1) is 24.2. The highest BCUT2D eigenvalue weighted by molar-refractivity contribution is 14.0. The zero-order valence-electron chi connectivity index (χ0n) is 18.3. The van der Waals surface area contributed by atoms with Gasteiger partial charge in [-0.3, -0.25) is 9.89 Å². The molecular weight excluding hydrogens is 465 g/mol. The summed E-state index contributed by atoms with van der Waals surface area (Å²) in [6, 6.07) is 0. The Balaban J connectivity index is 0.00000280. The van der Waals surface area contributed by atoms with Gasteiger partial charge in [-0.25, -0.2) is 0 Å². The van der Waals surface area contributed by atoms with Gasteiger partial charge >= 0.3 is 0 Å². The molecule has 0 bridgehead atoms. The van der Waals surface area contributed by atoms with E-state index in [1.54, 1.807) is 0 Å². The van der Waals surface area contributed by atoms with E-state index in [0.717, 1.165) is 38.2 Å². The fraction of sp³-hybridized carbons (Fsp3) is 0.952. The number of guanidine groups is 1. The summed E-state index contributed by atoms with van der Waals surface area (Å²) in [5.74, 6) is 1.84. The van der Waals surface area contributed by atoms with Crippen LogP contribution in [0.25, 0.3) is 0 Å². The third kappa shape index (κ3) is 6.99. The molecule has 0 unspecified atom stereocenters. The van der Waals surface area contributed by atoms with E-state index in [1.165, 1.54) is 71.1 Å². The number of ether oxygens (including phenoxy) is 1. The number of piperidine rings is 2. The SMILES string of the molecule is CN=C(NCC1(N2CCCCC2)CCN(C)CC1)N(C)CCOCC1CC1.I. The minimum atomic E-state index is 0. The first-order valence-electron chi connectivity index (χ1n) is 11.1. The van der Waals surface area contributed by atoms with Gasteiger partial charge in [-0.1, -0.05) is 6.42 Å². The van der Waals surface area contributed by atoms with Crippen LogP contribution in [0, 0.1) is 5.92 Å². The van der Waals surface area contributed by atoms with Gasteiger partial charge in [0.1, 0.15) is 0 Å². The lowest BCUT2D eigenvalue weighted by molar-refractivity contribution is 0.0169. The maximum absolute atomic E-state index is 5.81. The quantitative estimate of drug-likeness (QED) is 0.237. The van der Waals surface area contributed by atoms with E-state index in [4.69, 9.17) is 4.74 Å². The topological polar surface area (TPSA) is 43.3 Å². The second-order valence-corrected chi connectivity index (χ2v) is 8.92. The third-order valence-electron chi connectivity index (χ3n) is 6.72. The Bertz CT molecular complexity index is 471. The highest BCUT2D eigenvalue weighted by Crippen LogP contribution is 2.31. The van der Waals surface area contributed by atoms with Gasteiger partial charge in [-0.15, -0.1) is 24.0 Å². The van der Waals surface area contributed by atoms with Crippen LogP contribution in [0.3, 0.4) is 0 Å². The summed E-state index contributed by atoms with van der Waals surface area (Å²) >= 11 is 0. The van der Waals surface area contributed by atoms with Gasteiger partial charge < -0.3 is 19.9 Å². The fourth-order valence-electron chi connectivity index (χ4n) is 4.48. The van der Waals surface area contributed by atoms with Crippen molar-refractivity contribution in [2.45, 2.75) is 50.5 Å². The molecule has 0 radical (unpaired) electrons. The van der Waals surface area contributed by atoms with E-state index in [1.807, 2.05) is 7.05 Å². The zero-order valence-corrected chi connectivity index (χ0v) is 20.6. The van der Waals surface area contributed by atoms with Gasteiger partial charge in [0.15, 0.2) is 5.96 Å². The summed E-state index contributed by atoms with van der Waals surface area (Å²) in [6.45, 7) is 8.53. The van der Waals surface area contributed by atoms with Crippen molar-refractivity contribution in [3.05, 3.63) is 0 Å². The molecule has 3 aliphatic rings. The predicted molar refractivity (Wildman–Crippen MR) is 128 cm³/mol. The molecule has 1 N–H and O–H groups in total. The molecule has 2 saturated heterocycles. The van der Waals surface area contributed by atoms with Gasteiger partial charge in [-0.05, 0) is 77.7 Å². The summed E-state index contributed by atoms with van der Waals surface area (Å²) in [5.41, 5.74) is 0.284. The Labute approximate surface area is 189 Å². The normalized spacial score (nSPS) is 23.9. The highest BCUT2D eigenvalue weighted by atomic mass is 127. The van der Waals surface area contributed by atoms with Gasteiger partial charge in [0.2, 0.25) is 0 Å². The lowest BCUT2D eigenvalue weighted by atomic mass is 9.84. The van der Waals surface area contributed by atoms with Crippen LogP contribution in [-0.2, 0) is 4.74 Å². The Hall–Kier alpha value is -0.120. The molecule has 164 valence electrons. The molecule has 0 spiro atoms. The van der Waals surface area contributed by atoms with Gasteiger partial charge in [-0.2, -0.15) is 0 Å². The number of nitrogens with one attached hydrogen (secondary N) is 1. The first-order chi connectivity index (χ1) is 13.1. The van der Waals surface area contributed by atoms with Gasteiger partial charge in [0, 0.05) is 39.3 Å². The number of nitrogens with zero attached hydrogens (tertiary/aromatic N) is 4. The Morgan fingerprint density at radius 1 is 1.14 bits per heavy atom. The van der Waals surface area contributed by atoms with E-state index in [-0.39, 0.29) is 29.5 Å². The van der Waals surface area contributed by atoms with E-state index in [0.29, 0.717) is 0 Å². The molecule has 3 rings (SSSR count). The molecule has 1 aliphatic carbocycles. The van der Waals surface area contributed by atoms with Crippen LogP contribution >= 0.6 is 24.0 Å². The molecule has 0 aromatic carbocycles. The lowest BCUT2D eigenvalue weighted by Gasteiger charge is -2.50. The highest BCUT2D eigenvalue weighted by Gasteiger charge is 2.39. The Kier molecular flexibility index (Phi) is 10.3. The summed E-state index contributed by atoms with van der Waals surface area (Å²) in [4.78, 5) is 12.0. The van der Waals surface area contributed by atoms with E-state index in [2.05, 4.69) is 39.1 Å². The van der Waals surface area contributed by atoms with Crippen LogP contribution in [0.1, 0.15) is 44.9 Å². The van der Waals surface area contributed by atoms with E-state index in [9.17, 15) is 0 Å². The van der Waals surface area contributed by atoms with Crippen LogP contribution in [0.5, 0.6) is 0 Å². The second kappa shape index (κ2) is 11.9. The van der Waals surface area contributed by atoms with Crippen LogP contribution in [-0.4, -0.2) is 99.8 Å². The summed E-state index contributed by atoms with van der Waals surface area (Å²) in [6.07, 6.45) is 9.31. The molecule has 0 aromatic heterocycles. The van der Waals surface area contributed by atoms with Gasteiger partial charge in [0.25, 0.3) is 0 Å². The number of halogens is 1. The van der Waals surface area contributed by atoms with Crippen molar-refractivity contribution in [2.24, 2.45) is 10.9 Å². The van der Waals surface area contributed by atoms with Crippen LogP contribution < -0.4 is 5.32 Å². The van der Waals surface area contributed by atoms with Crippen molar-refractivity contribution in [2.75, 3.05) is 73.6 Å². The summed E-state index contributed by atoms with van der Waals surface area (Å²) < 4.78 is 5.81. The minimum absolute atomic E-state index is 0. The van der Waals surface area contributed by atoms with Crippen LogP contribution in [0.2, 0.25) is 0 Å². The predicted octanol–water partition coefficient (Wildman–Crippen LogP) is 2.49. The molecule has 7 heteroatoms. The Morgan fingerprint density at radius 2 is 1.82 bits per heavy atom. The number of aliphatic imine (C=N–C) groups is 1. The number of likely N-dealkylation sites (tertiary alicyclic amines) is 2. The van der Waals surface area contributed by atoms with Crippen molar-refractivity contribution in [1.82, 2.24) is 20.0 Å². The maximum Gasteiger partial charge on any atom is 0.193 e. The number of hydrogen-bond acceptors (Lipinski definition) is 4. The van der Waals surface area contributed by atoms with Crippen molar-refractivity contribution in [3.8, 4) is 0 Å².